The Morgan fingerprint density at radius 2 is 1.88 bits per heavy atom. The molecule has 0 radical (unpaired) electrons. The quantitative estimate of drug-likeness (QED) is 0.918. The average molecular weight is 343 g/mol. The van der Waals surface area contributed by atoms with Gasteiger partial charge in [-0.2, -0.15) is 5.10 Å². The maximum absolute atomic E-state index is 12.5. The summed E-state index contributed by atoms with van der Waals surface area (Å²) in [6, 6.07) is 7.37. The van der Waals surface area contributed by atoms with Crippen LogP contribution in [0.3, 0.4) is 0 Å². The number of hydrogen-bond donors (Lipinski definition) is 1. The van der Waals surface area contributed by atoms with Gasteiger partial charge >= 0.3 is 5.97 Å². The number of nitrogens with zero attached hydrogens (tertiary/aromatic N) is 3. The zero-order valence-electron chi connectivity index (χ0n) is 14.4. The zero-order chi connectivity index (χ0) is 18.0. The zero-order valence-corrected chi connectivity index (χ0v) is 14.4. The van der Waals surface area contributed by atoms with Crippen molar-refractivity contribution in [1.29, 1.82) is 0 Å². The molecular weight excluding hydrogens is 322 g/mol. The van der Waals surface area contributed by atoms with Gasteiger partial charge in [-0.05, 0) is 49.6 Å². The Bertz CT molecular complexity index is 792. The van der Waals surface area contributed by atoms with Gasteiger partial charge in [-0.1, -0.05) is 6.07 Å². The van der Waals surface area contributed by atoms with Gasteiger partial charge in [0.2, 0.25) is 0 Å². The summed E-state index contributed by atoms with van der Waals surface area (Å²) in [5.41, 5.74) is 2.91. The minimum Gasteiger partial charge on any atom is -0.484 e. The van der Waals surface area contributed by atoms with Crippen LogP contribution >= 0.6 is 0 Å². The first kappa shape index (κ1) is 17.0. The van der Waals surface area contributed by atoms with Crippen molar-refractivity contribution in [2.24, 2.45) is 0 Å². The Labute approximate surface area is 145 Å². The summed E-state index contributed by atoms with van der Waals surface area (Å²) >= 11 is 0. The van der Waals surface area contributed by atoms with E-state index in [9.17, 15) is 9.59 Å². The number of carboxylic acid groups (broad SMARTS) is 1. The van der Waals surface area contributed by atoms with E-state index in [4.69, 9.17) is 9.84 Å². The molecule has 1 amide bonds. The third-order valence-electron chi connectivity index (χ3n) is 4.14. The normalized spacial score (nSPS) is 13.9. The molecule has 1 aliphatic rings. The summed E-state index contributed by atoms with van der Waals surface area (Å²) in [6.07, 6.45) is 0.725. The molecule has 0 spiro atoms. The van der Waals surface area contributed by atoms with E-state index in [1.165, 1.54) is 6.07 Å². The van der Waals surface area contributed by atoms with Gasteiger partial charge in [0.25, 0.3) is 5.91 Å². The fraction of sp³-hybridized carbons (Fsp3) is 0.389. The van der Waals surface area contributed by atoms with Crippen molar-refractivity contribution in [1.82, 2.24) is 14.7 Å². The summed E-state index contributed by atoms with van der Waals surface area (Å²) in [5, 5.41) is 13.1. The second-order valence-electron chi connectivity index (χ2n) is 6.33. The minimum absolute atomic E-state index is 0.00999. The molecule has 0 unspecified atom stereocenters. The van der Waals surface area contributed by atoms with E-state index in [0.29, 0.717) is 25.4 Å². The van der Waals surface area contributed by atoms with Gasteiger partial charge < -0.3 is 14.7 Å². The van der Waals surface area contributed by atoms with Gasteiger partial charge in [0.05, 0.1) is 12.2 Å². The van der Waals surface area contributed by atoms with Gasteiger partial charge in [-0.15, -0.1) is 0 Å². The number of rotatable bonds is 4. The summed E-state index contributed by atoms with van der Waals surface area (Å²) in [6.45, 7) is 5.47. The molecule has 1 aromatic carbocycles. The fourth-order valence-electron chi connectivity index (χ4n) is 3.03. The predicted molar refractivity (Wildman–Crippen MR) is 90.6 cm³/mol. The molecule has 0 saturated heterocycles. The molecule has 0 bridgehead atoms. The number of carbonyl (C=O) groups is 2. The van der Waals surface area contributed by atoms with Gasteiger partial charge in [-0.25, -0.2) is 4.79 Å². The van der Waals surface area contributed by atoms with Crippen molar-refractivity contribution in [2.75, 3.05) is 13.2 Å². The third-order valence-corrected chi connectivity index (χ3v) is 4.14. The molecular formula is C18H21N3O4. The minimum atomic E-state index is -1.06. The molecule has 0 saturated carbocycles. The average Bonchev–Trinajstić information content (AvgIpc) is 2.84. The second-order valence-corrected chi connectivity index (χ2v) is 6.33. The Balaban J connectivity index is 1.66. The molecule has 7 nitrogen and oxygen atoms in total. The van der Waals surface area contributed by atoms with Crippen LogP contribution in [-0.2, 0) is 17.9 Å². The largest absolute Gasteiger partial charge is 0.484 e. The number of aromatic nitrogens is 2. The smallest absolute Gasteiger partial charge is 0.356 e. The van der Waals surface area contributed by atoms with Crippen LogP contribution in [0.4, 0.5) is 0 Å². The molecule has 0 fully saturated rings. The number of carboxylic acids is 1. The van der Waals surface area contributed by atoms with E-state index in [2.05, 4.69) is 5.10 Å². The van der Waals surface area contributed by atoms with Crippen LogP contribution in [0.2, 0.25) is 0 Å². The lowest BCUT2D eigenvalue weighted by atomic mass is 10.1. The Kier molecular flexibility index (Phi) is 4.74. The van der Waals surface area contributed by atoms with Crippen molar-refractivity contribution in [3.05, 3.63) is 46.8 Å². The molecule has 1 N–H and O–H groups in total. The topological polar surface area (TPSA) is 84.7 Å². The lowest BCUT2D eigenvalue weighted by molar-refractivity contribution is -0.134. The van der Waals surface area contributed by atoms with Crippen LogP contribution in [0.1, 0.15) is 33.7 Å². The van der Waals surface area contributed by atoms with Crippen molar-refractivity contribution in [3.63, 3.8) is 0 Å². The Hall–Kier alpha value is -2.83. The van der Waals surface area contributed by atoms with Gasteiger partial charge in [0, 0.05) is 13.1 Å². The predicted octanol–water partition coefficient (Wildman–Crippen LogP) is 2.01. The van der Waals surface area contributed by atoms with Crippen molar-refractivity contribution in [3.8, 4) is 5.75 Å². The molecule has 1 aliphatic heterocycles. The highest BCUT2D eigenvalue weighted by molar-refractivity contribution is 5.85. The first-order valence-electron chi connectivity index (χ1n) is 8.21. The highest BCUT2D eigenvalue weighted by atomic mass is 16.5. The first-order chi connectivity index (χ1) is 11.9. The molecule has 0 aliphatic carbocycles. The van der Waals surface area contributed by atoms with Crippen LogP contribution in [-0.4, -0.2) is 44.8 Å². The lowest BCUT2D eigenvalue weighted by Gasteiger charge is -2.20. The van der Waals surface area contributed by atoms with Crippen molar-refractivity contribution in [2.45, 2.75) is 33.4 Å². The summed E-state index contributed by atoms with van der Waals surface area (Å²) in [5.74, 6) is -0.499. The van der Waals surface area contributed by atoms with Crippen LogP contribution < -0.4 is 4.74 Å². The standard InChI is InChI=1S/C18H21N3O4/c1-12-6-13(2)8-15(7-12)25-11-17(22)20-4-3-5-21-14(10-20)9-16(19-21)18(23)24/h6-9H,3-5,10-11H2,1-2H3,(H,23,24). The number of ether oxygens (including phenoxy) is 1. The van der Waals surface area contributed by atoms with E-state index >= 15 is 0 Å². The number of hydrogen-bond acceptors (Lipinski definition) is 4. The summed E-state index contributed by atoms with van der Waals surface area (Å²) < 4.78 is 7.32. The third kappa shape index (κ3) is 3.99. The molecule has 7 heteroatoms. The van der Waals surface area contributed by atoms with Crippen molar-refractivity contribution < 1.29 is 19.4 Å². The van der Waals surface area contributed by atoms with Crippen LogP contribution in [0.25, 0.3) is 0 Å². The highest BCUT2D eigenvalue weighted by Gasteiger charge is 2.22. The number of aromatic carboxylic acids is 1. The molecule has 1 aromatic heterocycles. The monoisotopic (exact) mass is 343 g/mol. The lowest BCUT2D eigenvalue weighted by Crippen LogP contribution is -2.34. The number of amides is 1. The number of benzene rings is 1. The van der Waals surface area contributed by atoms with Crippen molar-refractivity contribution >= 4 is 11.9 Å². The Morgan fingerprint density at radius 3 is 2.56 bits per heavy atom. The number of aryl methyl sites for hydroxylation is 3. The van der Waals surface area contributed by atoms with E-state index < -0.39 is 5.97 Å². The maximum atomic E-state index is 12.5. The van der Waals surface area contributed by atoms with Gasteiger partial charge in [-0.3, -0.25) is 9.48 Å². The first-order valence-corrected chi connectivity index (χ1v) is 8.21. The highest BCUT2D eigenvalue weighted by Crippen LogP contribution is 2.17. The molecule has 2 heterocycles. The fourth-order valence-corrected chi connectivity index (χ4v) is 3.03. The van der Waals surface area contributed by atoms with Crippen LogP contribution in [0.5, 0.6) is 5.75 Å². The van der Waals surface area contributed by atoms with E-state index in [0.717, 1.165) is 23.2 Å². The Morgan fingerprint density at radius 1 is 1.16 bits per heavy atom. The number of fused-ring (bicyclic) bond motifs is 1. The maximum Gasteiger partial charge on any atom is 0.356 e. The van der Waals surface area contributed by atoms with E-state index in [-0.39, 0.29) is 18.2 Å². The molecule has 0 atom stereocenters. The van der Waals surface area contributed by atoms with Crippen LogP contribution in [0, 0.1) is 13.8 Å². The molecule has 132 valence electrons. The SMILES string of the molecule is Cc1cc(C)cc(OCC(=O)N2CCCn3nc(C(=O)O)cc3C2)c1. The van der Waals surface area contributed by atoms with E-state index in [1.54, 1.807) is 9.58 Å². The molecule has 2 aromatic rings. The van der Waals surface area contributed by atoms with Gasteiger partial charge in [0.1, 0.15) is 5.75 Å². The van der Waals surface area contributed by atoms with Crippen LogP contribution in [0.15, 0.2) is 24.3 Å². The van der Waals surface area contributed by atoms with Gasteiger partial charge in [0.15, 0.2) is 12.3 Å². The summed E-state index contributed by atoms with van der Waals surface area (Å²) in [7, 11) is 0. The number of carbonyl (C=O) groups excluding carboxylic acids is 1. The van der Waals surface area contributed by atoms with E-state index in [1.807, 2.05) is 32.0 Å². The molecule has 3 rings (SSSR count). The summed E-state index contributed by atoms with van der Waals surface area (Å²) in [4.78, 5) is 25.2. The second kappa shape index (κ2) is 6.96. The molecule has 25 heavy (non-hydrogen) atoms.